The SMILES string of the molecule is c1ccc(-n2c3ccccc3c3c2c2ccccc2n3-c2ccc3ncsc3c2)cc1. The summed E-state index contributed by atoms with van der Waals surface area (Å²) in [7, 11) is 0. The van der Waals surface area contributed by atoms with Crippen molar-refractivity contribution < 1.29 is 0 Å². The molecule has 3 nitrogen and oxygen atoms in total. The summed E-state index contributed by atoms with van der Waals surface area (Å²) in [5, 5.41) is 2.50. The fourth-order valence-electron chi connectivity index (χ4n) is 4.78. The predicted molar refractivity (Wildman–Crippen MR) is 131 cm³/mol. The lowest BCUT2D eigenvalue weighted by molar-refractivity contribution is 1.18. The van der Waals surface area contributed by atoms with Crippen LogP contribution in [-0.2, 0) is 0 Å². The third-order valence-electron chi connectivity index (χ3n) is 6.06. The molecule has 3 heterocycles. The van der Waals surface area contributed by atoms with Gasteiger partial charge < -0.3 is 9.13 Å². The Hall–Kier alpha value is -3.89. The molecule has 0 amide bonds. The van der Waals surface area contributed by atoms with Gasteiger partial charge in [0.1, 0.15) is 0 Å². The van der Waals surface area contributed by atoms with Gasteiger partial charge in [-0.25, -0.2) is 4.98 Å². The number of nitrogens with zero attached hydrogens (tertiary/aromatic N) is 3. The summed E-state index contributed by atoms with van der Waals surface area (Å²) >= 11 is 1.69. The van der Waals surface area contributed by atoms with Crippen molar-refractivity contribution in [1.82, 2.24) is 14.1 Å². The lowest BCUT2D eigenvalue weighted by Crippen LogP contribution is -1.93. The molecule has 4 heteroatoms. The molecule has 0 saturated heterocycles. The molecule has 0 unspecified atom stereocenters. The van der Waals surface area contributed by atoms with E-state index in [-0.39, 0.29) is 0 Å². The van der Waals surface area contributed by atoms with Crippen LogP contribution >= 0.6 is 11.3 Å². The first-order chi connectivity index (χ1) is 15.4. The molecule has 0 aliphatic heterocycles. The Labute approximate surface area is 182 Å². The molecule has 0 radical (unpaired) electrons. The molecule has 0 aliphatic rings. The smallest absolute Gasteiger partial charge is 0.0813 e. The number of thiazole rings is 1. The first-order valence-electron chi connectivity index (χ1n) is 10.3. The number of para-hydroxylation sites is 3. The molecular weight excluding hydrogens is 398 g/mol. The number of aromatic nitrogens is 3. The number of benzene rings is 4. The Morgan fingerprint density at radius 3 is 1.90 bits per heavy atom. The summed E-state index contributed by atoms with van der Waals surface area (Å²) in [4.78, 5) is 4.46. The van der Waals surface area contributed by atoms with Crippen LogP contribution in [0.4, 0.5) is 0 Å². The van der Waals surface area contributed by atoms with Gasteiger partial charge in [0.2, 0.25) is 0 Å². The first-order valence-corrected chi connectivity index (χ1v) is 11.2. The minimum atomic E-state index is 1.05. The Bertz CT molecular complexity index is 1730. The van der Waals surface area contributed by atoms with E-state index in [1.165, 1.54) is 48.9 Å². The molecular formula is C27H17N3S. The maximum atomic E-state index is 4.46. The quantitative estimate of drug-likeness (QED) is 0.290. The van der Waals surface area contributed by atoms with Gasteiger partial charge in [0.15, 0.2) is 0 Å². The van der Waals surface area contributed by atoms with E-state index in [1.807, 2.05) is 5.51 Å². The molecule has 31 heavy (non-hydrogen) atoms. The topological polar surface area (TPSA) is 22.8 Å². The Morgan fingerprint density at radius 1 is 0.581 bits per heavy atom. The van der Waals surface area contributed by atoms with Gasteiger partial charge in [0.05, 0.1) is 37.8 Å². The van der Waals surface area contributed by atoms with Crippen LogP contribution < -0.4 is 0 Å². The maximum absolute atomic E-state index is 4.46. The van der Waals surface area contributed by atoms with Crippen LogP contribution in [0.1, 0.15) is 0 Å². The van der Waals surface area contributed by atoms with Crippen molar-refractivity contribution in [2.45, 2.75) is 0 Å². The molecule has 0 spiro atoms. The maximum Gasteiger partial charge on any atom is 0.0813 e. The Balaban J connectivity index is 1.72. The molecule has 3 aromatic heterocycles. The second-order valence-corrected chi connectivity index (χ2v) is 8.63. The molecule has 4 aromatic carbocycles. The fraction of sp³-hybridized carbons (Fsp3) is 0. The molecule has 7 aromatic rings. The second kappa shape index (κ2) is 6.30. The summed E-state index contributed by atoms with van der Waals surface area (Å²) in [6.45, 7) is 0. The van der Waals surface area contributed by atoms with Crippen LogP contribution in [0.25, 0.3) is 54.4 Å². The summed E-state index contributed by atoms with van der Waals surface area (Å²) in [5.41, 5.74) is 10.2. The summed E-state index contributed by atoms with van der Waals surface area (Å²) < 4.78 is 6.01. The van der Waals surface area contributed by atoms with Crippen molar-refractivity contribution in [2.75, 3.05) is 0 Å². The van der Waals surface area contributed by atoms with E-state index in [0.29, 0.717) is 0 Å². The number of hydrogen-bond acceptors (Lipinski definition) is 2. The van der Waals surface area contributed by atoms with Gasteiger partial charge in [-0.15, -0.1) is 11.3 Å². The number of fused-ring (bicyclic) bond motifs is 6. The van der Waals surface area contributed by atoms with Gasteiger partial charge >= 0.3 is 0 Å². The van der Waals surface area contributed by atoms with E-state index in [2.05, 4.69) is 111 Å². The van der Waals surface area contributed by atoms with E-state index >= 15 is 0 Å². The molecule has 146 valence electrons. The highest BCUT2D eigenvalue weighted by molar-refractivity contribution is 7.16. The van der Waals surface area contributed by atoms with Gasteiger partial charge in [-0.2, -0.15) is 0 Å². The summed E-state index contributed by atoms with van der Waals surface area (Å²) in [6, 6.07) is 34.6. The summed E-state index contributed by atoms with van der Waals surface area (Å²) in [6.07, 6.45) is 0. The minimum absolute atomic E-state index is 1.05. The van der Waals surface area contributed by atoms with Crippen molar-refractivity contribution in [3.63, 3.8) is 0 Å². The molecule has 0 fully saturated rings. The Kier molecular flexibility index (Phi) is 3.43. The second-order valence-electron chi connectivity index (χ2n) is 7.74. The van der Waals surface area contributed by atoms with Gasteiger partial charge in [0, 0.05) is 22.1 Å². The third-order valence-corrected chi connectivity index (χ3v) is 6.85. The highest BCUT2D eigenvalue weighted by atomic mass is 32.1. The van der Waals surface area contributed by atoms with Crippen molar-refractivity contribution >= 4 is 54.4 Å². The lowest BCUT2D eigenvalue weighted by atomic mass is 10.2. The van der Waals surface area contributed by atoms with Crippen LogP contribution in [0, 0.1) is 0 Å². The van der Waals surface area contributed by atoms with Crippen molar-refractivity contribution in [3.8, 4) is 11.4 Å². The average Bonchev–Trinajstić information content (AvgIpc) is 3.51. The van der Waals surface area contributed by atoms with E-state index in [9.17, 15) is 0 Å². The molecule has 0 aliphatic carbocycles. The van der Waals surface area contributed by atoms with Gasteiger partial charge in [-0.3, -0.25) is 0 Å². The molecule has 7 rings (SSSR count). The van der Waals surface area contributed by atoms with Crippen LogP contribution in [0.2, 0.25) is 0 Å². The first kappa shape index (κ1) is 16.9. The third kappa shape index (κ3) is 2.31. The van der Waals surface area contributed by atoms with Crippen molar-refractivity contribution in [2.24, 2.45) is 0 Å². The molecule has 0 bridgehead atoms. The summed E-state index contributed by atoms with van der Waals surface area (Å²) in [5.74, 6) is 0. The molecule has 0 atom stereocenters. The van der Waals surface area contributed by atoms with Gasteiger partial charge in [-0.05, 0) is 42.5 Å². The largest absolute Gasteiger partial charge is 0.307 e. The highest BCUT2D eigenvalue weighted by Gasteiger charge is 2.21. The van der Waals surface area contributed by atoms with Crippen molar-refractivity contribution in [1.29, 1.82) is 0 Å². The van der Waals surface area contributed by atoms with Crippen LogP contribution in [0.15, 0.2) is 103 Å². The highest BCUT2D eigenvalue weighted by Crippen LogP contribution is 2.40. The zero-order chi connectivity index (χ0) is 20.4. The number of rotatable bonds is 2. The van der Waals surface area contributed by atoms with Crippen molar-refractivity contribution in [3.05, 3.63) is 103 Å². The predicted octanol–water partition coefficient (Wildman–Crippen LogP) is 7.34. The number of hydrogen-bond donors (Lipinski definition) is 0. The van der Waals surface area contributed by atoms with E-state index in [1.54, 1.807) is 11.3 Å². The van der Waals surface area contributed by atoms with E-state index < -0.39 is 0 Å². The van der Waals surface area contributed by atoms with Crippen LogP contribution in [0.5, 0.6) is 0 Å². The molecule has 0 saturated carbocycles. The Morgan fingerprint density at radius 2 is 1.19 bits per heavy atom. The fourth-order valence-corrected chi connectivity index (χ4v) is 5.49. The van der Waals surface area contributed by atoms with E-state index in [0.717, 1.165) is 5.52 Å². The zero-order valence-electron chi connectivity index (χ0n) is 16.6. The normalized spacial score (nSPS) is 11.9. The van der Waals surface area contributed by atoms with Gasteiger partial charge in [-0.1, -0.05) is 54.6 Å². The zero-order valence-corrected chi connectivity index (χ0v) is 17.4. The average molecular weight is 416 g/mol. The standard InChI is InChI=1S/C27H17N3S/c1-2-8-18(9-3-1)29-23-12-6-4-10-20(23)27-26(29)21-11-5-7-13-24(21)30(27)19-14-15-22-25(16-19)31-17-28-22/h1-17H. The van der Waals surface area contributed by atoms with E-state index in [4.69, 9.17) is 0 Å². The lowest BCUT2D eigenvalue weighted by Gasteiger charge is -2.08. The minimum Gasteiger partial charge on any atom is -0.307 e. The van der Waals surface area contributed by atoms with Crippen LogP contribution in [-0.4, -0.2) is 14.1 Å². The molecule has 0 N–H and O–H groups in total. The van der Waals surface area contributed by atoms with Gasteiger partial charge in [0.25, 0.3) is 0 Å². The van der Waals surface area contributed by atoms with Crippen LogP contribution in [0.3, 0.4) is 0 Å². The monoisotopic (exact) mass is 415 g/mol.